The Balaban J connectivity index is 2.19. The lowest BCUT2D eigenvalue weighted by atomic mass is 10.1. The molecule has 14 heavy (non-hydrogen) atoms. The molecule has 1 heterocycles. The van der Waals surface area contributed by atoms with Gasteiger partial charge in [-0.2, -0.15) is 0 Å². The molecule has 1 aliphatic rings. The van der Waals surface area contributed by atoms with E-state index in [1.165, 1.54) is 7.11 Å². The first-order valence-electron chi connectivity index (χ1n) is 4.70. The molecule has 0 aromatic rings. The molecule has 1 rings (SSSR count). The predicted molar refractivity (Wildman–Crippen MR) is 47.3 cm³/mol. The second-order valence-electron chi connectivity index (χ2n) is 3.52. The molecule has 0 unspecified atom stereocenters. The van der Waals surface area contributed by atoms with Crippen molar-refractivity contribution in [1.82, 2.24) is 4.90 Å². The van der Waals surface area contributed by atoms with Crippen molar-refractivity contribution < 1.29 is 18.3 Å². The number of carbonyl (C=O) groups excluding carboxylic acids is 1. The molecule has 0 amide bonds. The Hall–Kier alpha value is -0.710. The van der Waals surface area contributed by atoms with E-state index in [4.69, 9.17) is 0 Å². The summed E-state index contributed by atoms with van der Waals surface area (Å²) in [7, 11) is 1.33. The highest BCUT2D eigenvalue weighted by Gasteiger charge is 2.33. The number of hydrogen-bond acceptors (Lipinski definition) is 3. The van der Waals surface area contributed by atoms with Crippen LogP contribution >= 0.6 is 0 Å². The van der Waals surface area contributed by atoms with E-state index in [0.29, 0.717) is 19.6 Å². The average Bonchev–Trinajstić information content (AvgIpc) is 2.16. The Morgan fingerprint density at radius 1 is 1.43 bits per heavy atom. The molecule has 0 atom stereocenters. The van der Waals surface area contributed by atoms with Crippen LogP contribution in [0.3, 0.4) is 0 Å². The lowest BCUT2D eigenvalue weighted by Gasteiger charge is -2.31. The standard InChI is InChI=1S/C9H15F2NO2/c1-14-8(13)2-5-12-6-3-9(10,11)4-7-12/h2-7H2,1H3. The van der Waals surface area contributed by atoms with Crippen LogP contribution < -0.4 is 0 Å². The highest BCUT2D eigenvalue weighted by molar-refractivity contribution is 5.69. The number of methoxy groups -OCH3 is 1. The largest absolute Gasteiger partial charge is 0.469 e. The molecule has 0 N–H and O–H groups in total. The van der Waals surface area contributed by atoms with Crippen molar-refractivity contribution in [3.05, 3.63) is 0 Å². The summed E-state index contributed by atoms with van der Waals surface area (Å²) in [5.74, 6) is -2.80. The molecule has 0 spiro atoms. The molecule has 0 bridgehead atoms. The summed E-state index contributed by atoms with van der Waals surface area (Å²) in [4.78, 5) is 12.7. The topological polar surface area (TPSA) is 29.5 Å². The Labute approximate surface area is 82.0 Å². The molecule has 0 radical (unpaired) electrons. The summed E-state index contributed by atoms with van der Waals surface area (Å²) in [6.45, 7) is 1.25. The van der Waals surface area contributed by atoms with Gasteiger partial charge in [-0.25, -0.2) is 8.78 Å². The molecule has 0 aliphatic carbocycles. The molecule has 3 nitrogen and oxygen atoms in total. The van der Waals surface area contributed by atoms with Crippen LogP contribution in [0.2, 0.25) is 0 Å². The fraction of sp³-hybridized carbons (Fsp3) is 0.889. The molecule has 0 aromatic carbocycles. The number of nitrogens with zero attached hydrogens (tertiary/aromatic N) is 1. The molecule has 0 aromatic heterocycles. The number of piperidine rings is 1. The van der Waals surface area contributed by atoms with Crippen molar-refractivity contribution in [3.63, 3.8) is 0 Å². The molecule has 5 heteroatoms. The minimum atomic E-state index is -2.51. The van der Waals surface area contributed by atoms with Gasteiger partial charge < -0.3 is 9.64 Å². The van der Waals surface area contributed by atoms with Crippen LogP contribution in [0.15, 0.2) is 0 Å². The third-order valence-electron chi connectivity index (χ3n) is 2.45. The normalized spacial score (nSPS) is 21.9. The summed E-state index contributed by atoms with van der Waals surface area (Å²) in [5.41, 5.74) is 0. The maximum Gasteiger partial charge on any atom is 0.306 e. The Bertz CT molecular complexity index is 199. The number of alkyl halides is 2. The van der Waals surface area contributed by atoms with Gasteiger partial charge in [-0.15, -0.1) is 0 Å². The zero-order valence-electron chi connectivity index (χ0n) is 8.26. The number of hydrogen-bond donors (Lipinski definition) is 0. The maximum absolute atomic E-state index is 12.7. The monoisotopic (exact) mass is 207 g/mol. The predicted octanol–water partition coefficient (Wildman–Crippen LogP) is 1.28. The summed E-state index contributed by atoms with van der Waals surface area (Å²) in [6.07, 6.45) is 0.0738. The summed E-state index contributed by atoms with van der Waals surface area (Å²) in [5, 5.41) is 0. The minimum absolute atomic E-state index is 0.103. The van der Waals surface area contributed by atoms with Gasteiger partial charge in [0.15, 0.2) is 0 Å². The van der Waals surface area contributed by atoms with Crippen LogP contribution in [0.5, 0.6) is 0 Å². The fourth-order valence-corrected chi connectivity index (χ4v) is 1.46. The van der Waals surface area contributed by atoms with E-state index < -0.39 is 5.92 Å². The van der Waals surface area contributed by atoms with Gasteiger partial charge in [-0.3, -0.25) is 4.79 Å². The fourth-order valence-electron chi connectivity index (χ4n) is 1.46. The summed E-state index contributed by atoms with van der Waals surface area (Å²) >= 11 is 0. The third kappa shape index (κ3) is 3.57. The SMILES string of the molecule is COC(=O)CCN1CCC(F)(F)CC1. The van der Waals surface area contributed by atoms with Gasteiger partial charge in [0.25, 0.3) is 5.92 Å². The van der Waals surface area contributed by atoms with Crippen LogP contribution in [-0.2, 0) is 9.53 Å². The van der Waals surface area contributed by atoms with Crippen molar-refractivity contribution in [2.75, 3.05) is 26.7 Å². The zero-order chi connectivity index (χ0) is 10.6. The van der Waals surface area contributed by atoms with E-state index in [9.17, 15) is 13.6 Å². The van der Waals surface area contributed by atoms with E-state index in [1.54, 1.807) is 0 Å². The lowest BCUT2D eigenvalue weighted by molar-refractivity contribution is -0.141. The van der Waals surface area contributed by atoms with E-state index in [-0.39, 0.29) is 25.2 Å². The van der Waals surface area contributed by atoms with Gasteiger partial charge in [0.2, 0.25) is 0 Å². The molecule has 0 saturated carbocycles. The first-order valence-corrected chi connectivity index (χ1v) is 4.70. The molecule has 82 valence electrons. The average molecular weight is 207 g/mol. The summed E-state index contributed by atoms with van der Waals surface area (Å²) < 4.78 is 29.9. The quantitative estimate of drug-likeness (QED) is 0.653. The molecular weight excluding hydrogens is 192 g/mol. The van der Waals surface area contributed by atoms with Crippen molar-refractivity contribution in [2.24, 2.45) is 0 Å². The zero-order valence-corrected chi connectivity index (χ0v) is 8.26. The van der Waals surface area contributed by atoms with E-state index >= 15 is 0 Å². The van der Waals surface area contributed by atoms with Gasteiger partial charge >= 0.3 is 5.97 Å². The van der Waals surface area contributed by atoms with Crippen molar-refractivity contribution >= 4 is 5.97 Å². The Morgan fingerprint density at radius 3 is 2.50 bits per heavy atom. The van der Waals surface area contributed by atoms with Crippen LogP contribution in [0.1, 0.15) is 19.3 Å². The smallest absolute Gasteiger partial charge is 0.306 e. The Kier molecular flexibility index (Phi) is 3.80. The van der Waals surface area contributed by atoms with Crippen LogP contribution in [0, 0.1) is 0 Å². The van der Waals surface area contributed by atoms with Crippen molar-refractivity contribution in [2.45, 2.75) is 25.2 Å². The van der Waals surface area contributed by atoms with Crippen molar-refractivity contribution in [1.29, 1.82) is 0 Å². The van der Waals surface area contributed by atoms with E-state index in [1.807, 2.05) is 4.90 Å². The third-order valence-corrected chi connectivity index (χ3v) is 2.45. The van der Waals surface area contributed by atoms with Crippen LogP contribution in [-0.4, -0.2) is 43.5 Å². The molecule has 1 aliphatic heterocycles. The lowest BCUT2D eigenvalue weighted by Crippen LogP contribution is -2.40. The second kappa shape index (κ2) is 4.68. The highest BCUT2D eigenvalue weighted by atomic mass is 19.3. The number of likely N-dealkylation sites (tertiary alicyclic amines) is 1. The van der Waals surface area contributed by atoms with E-state index in [2.05, 4.69) is 4.74 Å². The second-order valence-corrected chi connectivity index (χ2v) is 3.52. The minimum Gasteiger partial charge on any atom is -0.469 e. The maximum atomic E-state index is 12.7. The van der Waals surface area contributed by atoms with Gasteiger partial charge in [0, 0.05) is 32.5 Å². The Morgan fingerprint density at radius 2 is 2.00 bits per heavy atom. The van der Waals surface area contributed by atoms with Crippen LogP contribution in [0.25, 0.3) is 0 Å². The van der Waals surface area contributed by atoms with Crippen molar-refractivity contribution in [3.8, 4) is 0 Å². The number of esters is 1. The number of carbonyl (C=O) groups is 1. The van der Waals surface area contributed by atoms with E-state index in [0.717, 1.165) is 0 Å². The van der Waals surface area contributed by atoms with Gasteiger partial charge in [-0.1, -0.05) is 0 Å². The van der Waals surface area contributed by atoms with Crippen LogP contribution in [0.4, 0.5) is 8.78 Å². The molecule has 1 saturated heterocycles. The number of ether oxygens (including phenoxy) is 1. The first-order chi connectivity index (χ1) is 6.53. The molecule has 1 fully saturated rings. The number of halogens is 2. The number of rotatable bonds is 3. The van der Waals surface area contributed by atoms with Gasteiger partial charge in [0.05, 0.1) is 13.5 Å². The summed E-state index contributed by atoms with van der Waals surface area (Å²) in [6, 6.07) is 0. The highest BCUT2D eigenvalue weighted by Crippen LogP contribution is 2.27. The van der Waals surface area contributed by atoms with Gasteiger partial charge in [0.1, 0.15) is 0 Å². The molecular formula is C9H15F2NO2. The first kappa shape index (κ1) is 11.4. The van der Waals surface area contributed by atoms with Gasteiger partial charge in [-0.05, 0) is 0 Å².